The Bertz CT molecular complexity index is 1890. The Kier molecular flexibility index (Phi) is 7.78. The molecule has 4 aromatic rings. The first-order valence-corrected chi connectivity index (χ1v) is 15.7. The van der Waals surface area contributed by atoms with Gasteiger partial charge < -0.3 is 20.5 Å². The summed E-state index contributed by atoms with van der Waals surface area (Å²) in [5.74, 6) is 1.20. The molecule has 1 unspecified atom stereocenters. The van der Waals surface area contributed by atoms with Gasteiger partial charge in [0.05, 0.1) is 17.4 Å². The number of aliphatic imine (C=N–C) groups is 1. The van der Waals surface area contributed by atoms with Crippen molar-refractivity contribution >= 4 is 55.1 Å². The van der Waals surface area contributed by atoms with Crippen LogP contribution in [0.3, 0.4) is 0 Å². The lowest BCUT2D eigenvalue weighted by molar-refractivity contribution is 0.459. The van der Waals surface area contributed by atoms with Crippen molar-refractivity contribution < 1.29 is 30.7 Å². The van der Waals surface area contributed by atoms with Crippen molar-refractivity contribution in [3.8, 4) is 11.5 Å². The molecule has 0 saturated carbocycles. The van der Waals surface area contributed by atoms with Crippen LogP contribution in [-0.2, 0) is 20.2 Å². The van der Waals surface area contributed by atoms with Crippen molar-refractivity contribution in [3.05, 3.63) is 96.1 Å². The van der Waals surface area contributed by atoms with Gasteiger partial charge in [0.25, 0.3) is 20.2 Å². The number of amidine groups is 1. The Morgan fingerprint density at radius 2 is 1.61 bits per heavy atom. The topological polar surface area (TPSA) is 180 Å². The summed E-state index contributed by atoms with van der Waals surface area (Å²) in [5.41, 5.74) is 9.63. The van der Waals surface area contributed by atoms with E-state index in [0.29, 0.717) is 11.4 Å². The molecule has 0 bridgehead atoms. The van der Waals surface area contributed by atoms with Crippen molar-refractivity contribution in [2.75, 3.05) is 5.32 Å². The van der Waals surface area contributed by atoms with Crippen molar-refractivity contribution in [2.24, 2.45) is 10.7 Å². The predicted octanol–water partition coefficient (Wildman–Crippen LogP) is 5.36. The van der Waals surface area contributed by atoms with Crippen LogP contribution in [0.15, 0.2) is 105 Å². The van der Waals surface area contributed by atoms with Crippen LogP contribution in [-0.4, -0.2) is 31.8 Å². The molecule has 11 nitrogen and oxygen atoms in total. The van der Waals surface area contributed by atoms with E-state index < -0.39 is 30.0 Å². The smallest absolute Gasteiger partial charge is 0.298 e. The normalized spacial score (nSPS) is 16.5. The number of rotatable bonds is 3. The molecule has 0 saturated heterocycles. The van der Waals surface area contributed by atoms with Crippen molar-refractivity contribution in [3.63, 3.8) is 0 Å². The maximum atomic E-state index is 11.6. The third-order valence-corrected chi connectivity index (χ3v) is 8.92. The van der Waals surface area contributed by atoms with Crippen LogP contribution in [0, 0.1) is 6.92 Å². The Morgan fingerprint density at radius 1 is 0.878 bits per heavy atom. The number of aryl methyl sites for hydroxylation is 1. The molecule has 4 aromatic carbocycles. The Morgan fingerprint density at radius 3 is 2.34 bits per heavy atom. The molecule has 2 aliphatic rings. The van der Waals surface area contributed by atoms with Gasteiger partial charge in [-0.1, -0.05) is 42.5 Å². The van der Waals surface area contributed by atoms with Gasteiger partial charge in [0, 0.05) is 4.90 Å². The fourth-order valence-electron chi connectivity index (χ4n) is 4.20. The third kappa shape index (κ3) is 6.22. The van der Waals surface area contributed by atoms with Crippen LogP contribution >= 0.6 is 11.9 Å². The predicted molar refractivity (Wildman–Crippen MR) is 157 cm³/mol. The van der Waals surface area contributed by atoms with E-state index in [4.69, 9.17) is 15.0 Å². The van der Waals surface area contributed by atoms with Crippen LogP contribution in [0.1, 0.15) is 17.2 Å². The minimum Gasteiger partial charge on any atom is -0.453 e. The number of para-hydroxylation sites is 2. The number of ether oxygens (including phenoxy) is 1. The number of nitrogens with zero attached hydrogens (tertiary/aromatic N) is 1. The van der Waals surface area contributed by atoms with E-state index in [2.05, 4.69) is 40.2 Å². The van der Waals surface area contributed by atoms with Crippen molar-refractivity contribution in [2.45, 2.75) is 27.7 Å². The summed E-state index contributed by atoms with van der Waals surface area (Å²) in [7, 11) is -9.80. The molecular formula is C27H24N4O7S3. The second-order valence-electron chi connectivity index (χ2n) is 8.99. The fourth-order valence-corrected chi connectivity index (χ4v) is 6.98. The summed E-state index contributed by atoms with van der Waals surface area (Å²) >= 11 is 1.56. The van der Waals surface area contributed by atoms with Crippen LogP contribution < -0.4 is 20.5 Å². The van der Waals surface area contributed by atoms with E-state index in [1.807, 2.05) is 30.3 Å². The Labute approximate surface area is 241 Å². The van der Waals surface area contributed by atoms with Gasteiger partial charge >= 0.3 is 0 Å². The highest BCUT2D eigenvalue weighted by Crippen LogP contribution is 2.46. The molecule has 41 heavy (non-hydrogen) atoms. The lowest BCUT2D eigenvalue weighted by Gasteiger charge is -2.24. The van der Waals surface area contributed by atoms with E-state index in [9.17, 15) is 21.4 Å². The average molecular weight is 613 g/mol. The number of benzene rings is 4. The zero-order chi connectivity index (χ0) is 29.4. The molecule has 0 aliphatic carbocycles. The summed E-state index contributed by atoms with van der Waals surface area (Å²) in [6.45, 7) is 2.06. The molecule has 2 aliphatic heterocycles. The highest BCUT2D eigenvalue weighted by molar-refractivity contribution is 7.98. The largest absolute Gasteiger partial charge is 0.453 e. The molecule has 212 valence electrons. The van der Waals surface area contributed by atoms with E-state index in [1.54, 1.807) is 36.2 Å². The summed E-state index contributed by atoms with van der Waals surface area (Å²) < 4.78 is 73.0. The molecule has 14 heteroatoms. The minimum absolute atomic E-state index is 0.00118. The minimum atomic E-state index is -4.94. The maximum Gasteiger partial charge on any atom is 0.298 e. The van der Waals surface area contributed by atoms with Gasteiger partial charge in [-0.2, -0.15) is 16.8 Å². The lowest BCUT2D eigenvalue weighted by Crippen LogP contribution is -2.34. The van der Waals surface area contributed by atoms with Gasteiger partial charge in [0.1, 0.15) is 21.3 Å². The lowest BCUT2D eigenvalue weighted by atomic mass is 10.1. The second kappa shape index (κ2) is 11.2. The summed E-state index contributed by atoms with van der Waals surface area (Å²) in [6, 6.07) is 24.6. The molecule has 0 spiro atoms. The van der Waals surface area contributed by atoms with Crippen LogP contribution in [0.2, 0.25) is 0 Å². The number of nitrogens with two attached hydrogens (primary N) is 1. The van der Waals surface area contributed by atoms with Gasteiger partial charge in [-0.25, -0.2) is 4.99 Å². The third-order valence-electron chi connectivity index (χ3n) is 6.05. The zero-order valence-electron chi connectivity index (χ0n) is 21.3. The zero-order valence-corrected chi connectivity index (χ0v) is 23.8. The van der Waals surface area contributed by atoms with E-state index in [-0.39, 0.29) is 17.5 Å². The fraction of sp³-hybridized carbons (Fsp3) is 0.0741. The highest BCUT2D eigenvalue weighted by atomic mass is 32.2. The molecular weight excluding hydrogens is 589 g/mol. The Balaban J connectivity index is 0.000000166. The van der Waals surface area contributed by atoms with Crippen molar-refractivity contribution in [1.82, 2.24) is 4.72 Å². The quantitative estimate of drug-likeness (QED) is 0.131. The summed E-state index contributed by atoms with van der Waals surface area (Å²) in [4.78, 5) is 3.87. The number of anilines is 2. The van der Waals surface area contributed by atoms with Gasteiger partial charge in [-0.05, 0) is 72.5 Å². The molecule has 0 aromatic heterocycles. The molecule has 0 amide bonds. The molecule has 6 rings (SSSR count). The number of hydrogen-bond donors (Lipinski definition) is 5. The number of nitrogens with one attached hydrogen (secondary N) is 2. The molecule has 2 heterocycles. The molecule has 1 atom stereocenters. The monoisotopic (exact) mass is 612 g/mol. The first-order chi connectivity index (χ1) is 19.4. The van der Waals surface area contributed by atoms with Crippen LogP contribution in [0.5, 0.6) is 11.5 Å². The van der Waals surface area contributed by atoms with E-state index in [1.165, 1.54) is 11.6 Å². The summed E-state index contributed by atoms with van der Waals surface area (Å²) in [6.07, 6.45) is 0. The van der Waals surface area contributed by atoms with Crippen LogP contribution in [0.4, 0.5) is 17.1 Å². The first kappa shape index (κ1) is 28.6. The SMILES string of the molecule is Cc1cccc(N=C2NSc3ccccc3C2N)c1.O=S(=O)(O)c1ccc2c(c1S(=O)(=O)O)Nc1ccccc1O2. The Hall–Kier alpha value is -3.92. The van der Waals surface area contributed by atoms with Crippen LogP contribution in [0.25, 0.3) is 0 Å². The van der Waals surface area contributed by atoms with E-state index in [0.717, 1.165) is 28.0 Å². The number of hydrogen-bond acceptors (Lipinski definition) is 9. The second-order valence-corrected chi connectivity index (χ2v) is 12.6. The van der Waals surface area contributed by atoms with Gasteiger partial charge in [0.15, 0.2) is 11.5 Å². The summed E-state index contributed by atoms with van der Waals surface area (Å²) in [5, 5.41) is 2.69. The maximum absolute atomic E-state index is 11.6. The molecule has 0 fully saturated rings. The number of fused-ring (bicyclic) bond motifs is 3. The van der Waals surface area contributed by atoms with E-state index >= 15 is 0 Å². The first-order valence-electron chi connectivity index (χ1n) is 12.0. The van der Waals surface area contributed by atoms with Gasteiger partial charge in [-0.3, -0.25) is 9.11 Å². The van der Waals surface area contributed by atoms with Gasteiger partial charge in [-0.15, -0.1) is 0 Å². The highest BCUT2D eigenvalue weighted by Gasteiger charge is 2.32. The van der Waals surface area contributed by atoms with Gasteiger partial charge in [0.2, 0.25) is 0 Å². The van der Waals surface area contributed by atoms with Crippen molar-refractivity contribution in [1.29, 1.82) is 0 Å². The molecule has 0 radical (unpaired) electrons. The average Bonchev–Trinajstić information content (AvgIpc) is 2.92. The molecule has 6 N–H and O–H groups in total. The standard InChI is InChI=1S/C15H15N3S.C12H9NO7S2/c1-10-5-4-6-11(9-10)17-15-14(16)12-7-2-3-8-13(12)19-18-15;14-21(15,16)10-6-5-9-11(12(10)22(17,18)19)13-7-3-1-2-4-8(7)20-9/h2-9,14H,16H2,1H3,(H,17,18);1-6,13H,(H,14,15,16)(H,17,18,19).